The molecule has 0 aliphatic carbocycles. The number of hydrogen-bond acceptors (Lipinski definition) is 2. The minimum absolute atomic E-state index is 0.283. The number of nitrogens with zero attached hydrogens (tertiary/aromatic N) is 1. The maximum atomic E-state index is 12.2. The molecule has 1 aromatic carbocycles. The second kappa shape index (κ2) is 6.86. The molecule has 0 bridgehead atoms. The van der Waals surface area contributed by atoms with Gasteiger partial charge in [0.05, 0.1) is 6.54 Å². The molecule has 0 saturated carbocycles. The molecule has 1 aromatic rings. The molecule has 1 N–H and O–H groups in total. The second-order valence-corrected chi connectivity index (χ2v) is 4.00. The van der Waals surface area contributed by atoms with Crippen LogP contribution in [0.4, 0.5) is 8.78 Å². The number of hydrogen-bond donors (Lipinski definition) is 1. The summed E-state index contributed by atoms with van der Waals surface area (Å²) < 4.78 is 24.3. The minimum atomic E-state index is -2.36. The molecule has 0 heterocycles. The highest BCUT2D eigenvalue weighted by atomic mass is 19.3. The van der Waals surface area contributed by atoms with Crippen molar-refractivity contribution in [3.63, 3.8) is 0 Å². The third-order valence-corrected chi connectivity index (χ3v) is 2.27. The normalized spacial score (nSPS) is 11.6. The standard InChI is InChI=1S/C13H15F2NO2/c1-16(9-12(14)15)8-11-4-2-3-10(7-11)5-6-13(17)18/h2-7,12H,8-9H2,1H3,(H,17,18)/b6-5+. The van der Waals surface area contributed by atoms with Crippen LogP contribution in [-0.4, -0.2) is 36.0 Å². The number of carboxylic acid groups (broad SMARTS) is 1. The molecule has 98 valence electrons. The third kappa shape index (κ3) is 5.54. The zero-order valence-electron chi connectivity index (χ0n) is 10.0. The topological polar surface area (TPSA) is 40.5 Å². The van der Waals surface area contributed by atoms with Gasteiger partial charge in [0.2, 0.25) is 0 Å². The Morgan fingerprint density at radius 3 is 2.83 bits per heavy atom. The van der Waals surface area contributed by atoms with E-state index in [1.54, 1.807) is 25.2 Å². The van der Waals surface area contributed by atoms with E-state index in [-0.39, 0.29) is 6.54 Å². The lowest BCUT2D eigenvalue weighted by Crippen LogP contribution is -2.24. The molecule has 3 nitrogen and oxygen atoms in total. The van der Waals surface area contributed by atoms with Crippen LogP contribution in [0.5, 0.6) is 0 Å². The number of carbonyl (C=O) groups is 1. The minimum Gasteiger partial charge on any atom is -0.478 e. The molecule has 0 fully saturated rings. The molecule has 0 saturated heterocycles. The van der Waals surface area contributed by atoms with E-state index in [2.05, 4.69) is 0 Å². The summed E-state index contributed by atoms with van der Waals surface area (Å²) in [5, 5.41) is 8.51. The van der Waals surface area contributed by atoms with Gasteiger partial charge in [0.15, 0.2) is 0 Å². The highest BCUT2D eigenvalue weighted by molar-refractivity contribution is 5.85. The van der Waals surface area contributed by atoms with Crippen molar-refractivity contribution in [1.29, 1.82) is 0 Å². The summed E-state index contributed by atoms with van der Waals surface area (Å²) in [6.45, 7) is 0.119. The lowest BCUT2D eigenvalue weighted by molar-refractivity contribution is -0.131. The van der Waals surface area contributed by atoms with E-state index in [9.17, 15) is 13.6 Å². The van der Waals surface area contributed by atoms with Crippen LogP contribution in [0.15, 0.2) is 30.3 Å². The van der Waals surface area contributed by atoms with Crippen LogP contribution < -0.4 is 0 Å². The Morgan fingerprint density at radius 1 is 1.50 bits per heavy atom. The van der Waals surface area contributed by atoms with Crippen molar-refractivity contribution in [2.45, 2.75) is 13.0 Å². The lowest BCUT2D eigenvalue weighted by atomic mass is 10.1. The molecule has 0 aliphatic rings. The van der Waals surface area contributed by atoms with E-state index >= 15 is 0 Å². The Balaban J connectivity index is 2.67. The highest BCUT2D eigenvalue weighted by Crippen LogP contribution is 2.10. The predicted octanol–water partition coefficient (Wildman–Crippen LogP) is 2.48. The number of benzene rings is 1. The van der Waals surface area contributed by atoms with Crippen molar-refractivity contribution in [2.24, 2.45) is 0 Å². The average molecular weight is 255 g/mol. The molecule has 0 unspecified atom stereocenters. The van der Waals surface area contributed by atoms with Crippen molar-refractivity contribution in [2.75, 3.05) is 13.6 Å². The van der Waals surface area contributed by atoms with Gasteiger partial charge >= 0.3 is 5.97 Å². The van der Waals surface area contributed by atoms with Crippen LogP contribution in [0.1, 0.15) is 11.1 Å². The van der Waals surface area contributed by atoms with E-state index in [1.165, 1.54) is 11.0 Å². The first kappa shape index (κ1) is 14.3. The van der Waals surface area contributed by atoms with Crippen molar-refractivity contribution in [3.05, 3.63) is 41.5 Å². The SMILES string of the molecule is CN(Cc1cccc(/C=C/C(=O)O)c1)CC(F)F. The van der Waals surface area contributed by atoms with Gasteiger partial charge in [-0.3, -0.25) is 4.90 Å². The van der Waals surface area contributed by atoms with Crippen molar-refractivity contribution < 1.29 is 18.7 Å². The number of halogens is 2. The van der Waals surface area contributed by atoms with Gasteiger partial charge in [-0.2, -0.15) is 0 Å². The fraction of sp³-hybridized carbons (Fsp3) is 0.308. The summed E-state index contributed by atoms with van der Waals surface area (Å²) in [7, 11) is 1.62. The molecule has 0 amide bonds. The maximum absolute atomic E-state index is 12.2. The Morgan fingerprint density at radius 2 is 2.22 bits per heavy atom. The first-order valence-electron chi connectivity index (χ1n) is 5.44. The van der Waals surface area contributed by atoms with Gasteiger partial charge in [0, 0.05) is 12.6 Å². The highest BCUT2D eigenvalue weighted by Gasteiger charge is 2.07. The zero-order chi connectivity index (χ0) is 13.5. The van der Waals surface area contributed by atoms with Crippen molar-refractivity contribution >= 4 is 12.0 Å². The maximum Gasteiger partial charge on any atom is 0.328 e. The number of carboxylic acids is 1. The predicted molar refractivity (Wildman–Crippen MR) is 65.4 cm³/mol. The molecule has 0 aromatic heterocycles. The van der Waals surface area contributed by atoms with Gasteiger partial charge in [-0.25, -0.2) is 13.6 Å². The smallest absolute Gasteiger partial charge is 0.328 e. The first-order chi connectivity index (χ1) is 8.47. The fourth-order valence-corrected chi connectivity index (χ4v) is 1.57. The molecule has 18 heavy (non-hydrogen) atoms. The zero-order valence-corrected chi connectivity index (χ0v) is 10.0. The molecule has 0 atom stereocenters. The van der Waals surface area contributed by atoms with Crippen LogP contribution in [0.3, 0.4) is 0 Å². The van der Waals surface area contributed by atoms with Crippen LogP contribution in [-0.2, 0) is 11.3 Å². The van der Waals surface area contributed by atoms with Crippen molar-refractivity contribution in [1.82, 2.24) is 4.90 Å². The van der Waals surface area contributed by atoms with Gasteiger partial charge in [0.25, 0.3) is 6.43 Å². The third-order valence-electron chi connectivity index (χ3n) is 2.27. The monoisotopic (exact) mass is 255 g/mol. The summed E-state index contributed by atoms with van der Waals surface area (Å²) in [6, 6.07) is 7.13. The van der Waals surface area contributed by atoms with E-state index < -0.39 is 12.4 Å². The van der Waals surface area contributed by atoms with Crippen molar-refractivity contribution in [3.8, 4) is 0 Å². The molecule has 1 rings (SSSR count). The number of alkyl halides is 2. The molecule has 0 radical (unpaired) electrons. The quantitative estimate of drug-likeness (QED) is 0.794. The van der Waals surface area contributed by atoms with Gasteiger partial charge in [-0.15, -0.1) is 0 Å². The van der Waals surface area contributed by atoms with E-state index in [1.807, 2.05) is 6.07 Å². The van der Waals surface area contributed by atoms with Crippen LogP contribution in [0, 0.1) is 0 Å². The molecular weight excluding hydrogens is 240 g/mol. The van der Waals surface area contributed by atoms with Crippen LogP contribution >= 0.6 is 0 Å². The van der Waals surface area contributed by atoms with Crippen LogP contribution in [0.25, 0.3) is 6.08 Å². The Labute approximate surface area is 104 Å². The Kier molecular flexibility index (Phi) is 5.45. The largest absolute Gasteiger partial charge is 0.478 e. The summed E-state index contributed by atoms with van der Waals surface area (Å²) in [5.41, 5.74) is 1.60. The Bertz CT molecular complexity index is 433. The Hall–Kier alpha value is -1.75. The van der Waals surface area contributed by atoms with Gasteiger partial charge in [0.1, 0.15) is 0 Å². The average Bonchev–Trinajstić information content (AvgIpc) is 2.25. The molecular formula is C13H15F2NO2. The van der Waals surface area contributed by atoms with Gasteiger partial charge in [-0.1, -0.05) is 24.3 Å². The summed E-state index contributed by atoms with van der Waals surface area (Å²) in [5.74, 6) is -1.02. The lowest BCUT2D eigenvalue weighted by Gasteiger charge is -2.16. The van der Waals surface area contributed by atoms with E-state index in [4.69, 9.17) is 5.11 Å². The van der Waals surface area contributed by atoms with E-state index in [0.29, 0.717) is 6.54 Å². The summed E-state index contributed by atoms with van der Waals surface area (Å²) >= 11 is 0. The summed E-state index contributed by atoms with van der Waals surface area (Å²) in [6.07, 6.45) is 0.158. The van der Waals surface area contributed by atoms with Crippen LogP contribution in [0.2, 0.25) is 0 Å². The molecule has 0 aliphatic heterocycles. The van der Waals surface area contributed by atoms with Gasteiger partial charge < -0.3 is 5.11 Å². The molecule has 0 spiro atoms. The number of rotatable bonds is 6. The van der Waals surface area contributed by atoms with E-state index in [0.717, 1.165) is 17.2 Å². The fourth-order valence-electron chi connectivity index (χ4n) is 1.57. The second-order valence-electron chi connectivity index (χ2n) is 4.00. The van der Waals surface area contributed by atoms with Gasteiger partial charge in [-0.05, 0) is 24.3 Å². The first-order valence-corrected chi connectivity index (χ1v) is 5.44. The summed E-state index contributed by atoms with van der Waals surface area (Å²) in [4.78, 5) is 11.9. The molecule has 5 heteroatoms. The number of aliphatic carboxylic acids is 1.